The highest BCUT2D eigenvalue weighted by Crippen LogP contribution is 2.28. The van der Waals surface area contributed by atoms with Gasteiger partial charge in [0, 0.05) is 45.0 Å². The molecule has 8 nitrogen and oxygen atoms in total. The van der Waals surface area contributed by atoms with Crippen LogP contribution in [0.3, 0.4) is 0 Å². The number of ether oxygens (including phenoxy) is 1. The number of esters is 1. The van der Waals surface area contributed by atoms with Crippen LogP contribution in [0, 0.1) is 10.1 Å². The quantitative estimate of drug-likeness (QED) is 0.365. The zero-order valence-electron chi connectivity index (χ0n) is 16.7. The van der Waals surface area contributed by atoms with Gasteiger partial charge in [-0.25, -0.2) is 9.78 Å². The van der Waals surface area contributed by atoms with Gasteiger partial charge in [0.25, 0.3) is 0 Å². The number of nitro groups is 1. The Kier molecular flexibility index (Phi) is 5.58. The second-order valence-electron chi connectivity index (χ2n) is 7.22. The molecule has 1 saturated heterocycles. The molecule has 0 unspecified atom stereocenters. The molecule has 0 saturated carbocycles. The number of hydrogen-bond donors (Lipinski definition) is 0. The zero-order valence-corrected chi connectivity index (χ0v) is 16.7. The van der Waals surface area contributed by atoms with Crippen LogP contribution in [0.4, 0.5) is 11.5 Å². The van der Waals surface area contributed by atoms with Crippen LogP contribution in [-0.2, 0) is 11.3 Å². The lowest BCUT2D eigenvalue weighted by atomic mass is 10.0. The Bertz CT molecular complexity index is 1090. The topological polar surface area (TPSA) is 88.8 Å². The number of anilines is 1. The van der Waals surface area contributed by atoms with Crippen molar-refractivity contribution in [1.82, 2.24) is 9.88 Å². The largest absolute Gasteiger partial charge is 0.465 e. The lowest BCUT2D eigenvalue weighted by Crippen LogP contribution is -2.46. The molecule has 0 amide bonds. The fourth-order valence-corrected chi connectivity index (χ4v) is 3.84. The summed E-state index contributed by atoms with van der Waals surface area (Å²) in [7, 11) is 1.23. The minimum atomic E-state index is -0.642. The minimum absolute atomic E-state index is 0.0718. The smallest absolute Gasteiger partial charge is 0.339 e. The van der Waals surface area contributed by atoms with Gasteiger partial charge in [-0.2, -0.15) is 0 Å². The maximum Gasteiger partial charge on any atom is 0.339 e. The average molecular weight is 406 g/mol. The van der Waals surface area contributed by atoms with Crippen molar-refractivity contribution in [3.8, 4) is 0 Å². The first-order valence-corrected chi connectivity index (χ1v) is 9.73. The van der Waals surface area contributed by atoms with Gasteiger partial charge in [0.05, 0.1) is 17.6 Å². The predicted molar refractivity (Wildman–Crippen MR) is 114 cm³/mol. The number of fused-ring (bicyclic) bond motifs is 1. The molecule has 0 spiro atoms. The van der Waals surface area contributed by atoms with Crippen LogP contribution < -0.4 is 4.90 Å². The number of methoxy groups -OCH3 is 1. The Labute approximate surface area is 173 Å². The standard InChI is InChI=1S/C22H22N4O4/c1-30-22(27)18-13-20(26(28)29)21(23-14-18)25-11-9-24(10-12-25)15-17-7-4-6-16-5-2-3-8-19(16)17/h2-8,13-14H,9-12,15H2,1H3. The summed E-state index contributed by atoms with van der Waals surface area (Å²) in [4.78, 5) is 31.2. The minimum Gasteiger partial charge on any atom is -0.465 e. The molecule has 1 fully saturated rings. The highest BCUT2D eigenvalue weighted by Gasteiger charge is 2.27. The van der Waals surface area contributed by atoms with Crippen molar-refractivity contribution in [3.63, 3.8) is 0 Å². The number of hydrogen-bond acceptors (Lipinski definition) is 7. The first-order valence-electron chi connectivity index (χ1n) is 9.73. The van der Waals surface area contributed by atoms with Crippen LogP contribution >= 0.6 is 0 Å². The van der Waals surface area contributed by atoms with Gasteiger partial charge in [-0.05, 0) is 16.3 Å². The third-order valence-corrected chi connectivity index (χ3v) is 5.41. The van der Waals surface area contributed by atoms with Gasteiger partial charge in [0.2, 0.25) is 5.82 Å². The van der Waals surface area contributed by atoms with E-state index in [1.54, 1.807) is 0 Å². The van der Waals surface area contributed by atoms with E-state index >= 15 is 0 Å². The van der Waals surface area contributed by atoms with Gasteiger partial charge in [-0.3, -0.25) is 15.0 Å². The van der Waals surface area contributed by atoms with Crippen molar-refractivity contribution < 1.29 is 14.5 Å². The molecule has 0 atom stereocenters. The van der Waals surface area contributed by atoms with Crippen LogP contribution in [0.15, 0.2) is 54.7 Å². The molecule has 1 aliphatic heterocycles. The molecule has 3 aromatic rings. The number of piperazine rings is 1. The molecule has 0 N–H and O–H groups in total. The fraction of sp³-hybridized carbons (Fsp3) is 0.273. The molecule has 0 radical (unpaired) electrons. The van der Waals surface area contributed by atoms with Crippen molar-refractivity contribution in [3.05, 3.63) is 76.0 Å². The third-order valence-electron chi connectivity index (χ3n) is 5.41. The number of aromatic nitrogens is 1. The molecular weight excluding hydrogens is 384 g/mol. The predicted octanol–water partition coefficient (Wildman–Crippen LogP) is 3.25. The van der Waals surface area contributed by atoms with E-state index in [1.165, 1.54) is 35.7 Å². The molecule has 1 aromatic heterocycles. The lowest BCUT2D eigenvalue weighted by Gasteiger charge is -2.35. The molecule has 8 heteroatoms. The summed E-state index contributed by atoms with van der Waals surface area (Å²) in [6.07, 6.45) is 1.33. The van der Waals surface area contributed by atoms with E-state index in [9.17, 15) is 14.9 Å². The summed E-state index contributed by atoms with van der Waals surface area (Å²) in [5.74, 6) is -0.352. The van der Waals surface area contributed by atoms with E-state index in [-0.39, 0.29) is 17.1 Å². The van der Waals surface area contributed by atoms with Crippen LogP contribution in [0.1, 0.15) is 15.9 Å². The molecule has 1 aliphatic rings. The van der Waals surface area contributed by atoms with Crippen LogP contribution in [0.2, 0.25) is 0 Å². The number of nitrogens with zero attached hydrogens (tertiary/aromatic N) is 4. The van der Waals surface area contributed by atoms with Crippen molar-refractivity contribution in [1.29, 1.82) is 0 Å². The molecule has 30 heavy (non-hydrogen) atoms. The van der Waals surface area contributed by atoms with E-state index in [1.807, 2.05) is 17.0 Å². The van der Waals surface area contributed by atoms with Crippen LogP contribution in [0.25, 0.3) is 10.8 Å². The highest BCUT2D eigenvalue weighted by molar-refractivity contribution is 5.90. The first-order chi connectivity index (χ1) is 14.6. The fourth-order valence-electron chi connectivity index (χ4n) is 3.84. The monoisotopic (exact) mass is 406 g/mol. The summed E-state index contributed by atoms with van der Waals surface area (Å²) in [5, 5.41) is 14.0. The van der Waals surface area contributed by atoms with Gasteiger partial charge in [-0.15, -0.1) is 0 Å². The summed E-state index contributed by atoms with van der Waals surface area (Å²) < 4.78 is 4.64. The summed E-state index contributed by atoms with van der Waals surface area (Å²) in [5.41, 5.74) is 1.16. The Hall–Kier alpha value is -3.52. The molecule has 4 rings (SSSR count). The molecule has 0 bridgehead atoms. The summed E-state index contributed by atoms with van der Waals surface area (Å²) in [6, 6.07) is 15.9. The normalized spacial score (nSPS) is 14.6. The summed E-state index contributed by atoms with van der Waals surface area (Å²) in [6.45, 7) is 3.60. The van der Waals surface area contributed by atoms with E-state index in [2.05, 4.69) is 45.0 Å². The lowest BCUT2D eigenvalue weighted by molar-refractivity contribution is -0.384. The SMILES string of the molecule is COC(=O)c1cnc(N2CCN(Cc3cccc4ccccc34)CC2)c([N+](=O)[O-])c1. The van der Waals surface area contributed by atoms with Crippen LogP contribution in [-0.4, -0.2) is 54.1 Å². The van der Waals surface area contributed by atoms with E-state index in [0.29, 0.717) is 13.1 Å². The van der Waals surface area contributed by atoms with E-state index in [4.69, 9.17) is 0 Å². The van der Waals surface area contributed by atoms with Gasteiger partial charge in [0.15, 0.2) is 0 Å². The molecule has 0 aliphatic carbocycles. The molecule has 2 aromatic carbocycles. The van der Waals surface area contributed by atoms with Crippen molar-refractivity contribution in [2.24, 2.45) is 0 Å². The Morgan fingerprint density at radius 1 is 1.13 bits per heavy atom. The van der Waals surface area contributed by atoms with Crippen molar-refractivity contribution in [2.75, 3.05) is 38.2 Å². The maximum atomic E-state index is 11.7. The van der Waals surface area contributed by atoms with Crippen molar-refractivity contribution in [2.45, 2.75) is 6.54 Å². The Morgan fingerprint density at radius 2 is 1.87 bits per heavy atom. The second-order valence-corrected chi connectivity index (χ2v) is 7.22. The van der Waals surface area contributed by atoms with E-state index < -0.39 is 10.9 Å². The third kappa shape index (κ3) is 3.95. The number of pyridine rings is 1. The average Bonchev–Trinajstić information content (AvgIpc) is 2.79. The van der Waals surface area contributed by atoms with Crippen molar-refractivity contribution >= 4 is 28.2 Å². The second kappa shape index (κ2) is 8.46. The molecule has 154 valence electrons. The highest BCUT2D eigenvalue weighted by atomic mass is 16.6. The number of carbonyl (C=O) groups excluding carboxylic acids is 1. The maximum absolute atomic E-state index is 11.7. The Balaban J connectivity index is 1.48. The number of rotatable bonds is 5. The molecule has 2 heterocycles. The molecular formula is C22H22N4O4. The van der Waals surface area contributed by atoms with Crippen LogP contribution in [0.5, 0.6) is 0 Å². The number of carbonyl (C=O) groups is 1. The first kappa shape index (κ1) is 19.8. The van der Waals surface area contributed by atoms with Gasteiger partial charge in [-0.1, -0.05) is 42.5 Å². The zero-order chi connectivity index (χ0) is 21.1. The van der Waals surface area contributed by atoms with Gasteiger partial charge in [0.1, 0.15) is 0 Å². The van der Waals surface area contributed by atoms with Gasteiger partial charge >= 0.3 is 11.7 Å². The number of benzene rings is 2. The van der Waals surface area contributed by atoms with Gasteiger partial charge < -0.3 is 9.64 Å². The van der Waals surface area contributed by atoms with E-state index in [0.717, 1.165) is 19.6 Å². The summed E-state index contributed by atoms with van der Waals surface area (Å²) >= 11 is 0. The Morgan fingerprint density at radius 3 is 2.60 bits per heavy atom.